The summed E-state index contributed by atoms with van der Waals surface area (Å²) in [6.07, 6.45) is 0. The molecule has 0 aromatic heterocycles. The van der Waals surface area contributed by atoms with E-state index in [9.17, 15) is 4.79 Å². The van der Waals surface area contributed by atoms with Crippen LogP contribution in [0.15, 0.2) is 0 Å². The van der Waals surface area contributed by atoms with Crippen LogP contribution in [0.2, 0.25) is 0 Å². The summed E-state index contributed by atoms with van der Waals surface area (Å²) in [6, 6.07) is 0.552. The van der Waals surface area contributed by atoms with Crippen LogP contribution in [0.1, 0.15) is 6.92 Å². The molecular weight excluding hydrogens is 260 g/mol. The van der Waals surface area contributed by atoms with E-state index in [0.717, 1.165) is 26.2 Å². The normalized spacial score (nSPS) is 26.3. The number of hydrogen-bond acceptors (Lipinski definition) is 4. The lowest BCUT2D eigenvalue weighted by molar-refractivity contribution is -0.140. The van der Waals surface area contributed by atoms with E-state index in [1.807, 2.05) is 0 Å². The second-order valence-electron chi connectivity index (χ2n) is 4.08. The Hall–Kier alpha value is -0.130. The molecule has 1 aliphatic heterocycles. The fraction of sp³-hybridized carbons (Fsp3) is 0.900. The Balaban J connectivity index is 2.36. The molecule has 88 valence electrons. The maximum atomic E-state index is 11.2. The standard InChI is InChI=1S/C10H19BrN2O2/c1-8-6-13(5-4-12(8)2)7-9(11)10(14)15-3/h8-9H,4-7H2,1-3H3. The SMILES string of the molecule is COC(=O)C(Br)CN1CCN(C)C(C)C1. The van der Waals surface area contributed by atoms with Crippen LogP contribution in [0.5, 0.6) is 0 Å². The van der Waals surface area contributed by atoms with Crippen molar-refractivity contribution in [2.24, 2.45) is 0 Å². The van der Waals surface area contributed by atoms with Gasteiger partial charge in [0.1, 0.15) is 4.83 Å². The lowest BCUT2D eigenvalue weighted by Gasteiger charge is -2.38. The molecule has 0 amide bonds. The van der Waals surface area contributed by atoms with Gasteiger partial charge in [-0.05, 0) is 14.0 Å². The highest BCUT2D eigenvalue weighted by atomic mass is 79.9. The molecule has 5 heteroatoms. The van der Waals surface area contributed by atoms with Crippen molar-refractivity contribution in [3.05, 3.63) is 0 Å². The van der Waals surface area contributed by atoms with Crippen molar-refractivity contribution in [1.82, 2.24) is 9.80 Å². The van der Waals surface area contributed by atoms with Gasteiger partial charge in [0.25, 0.3) is 0 Å². The van der Waals surface area contributed by atoms with E-state index in [-0.39, 0.29) is 10.8 Å². The van der Waals surface area contributed by atoms with Gasteiger partial charge in [-0.25, -0.2) is 0 Å². The van der Waals surface area contributed by atoms with Crippen molar-refractivity contribution >= 4 is 21.9 Å². The van der Waals surface area contributed by atoms with Crippen LogP contribution in [0.25, 0.3) is 0 Å². The Morgan fingerprint density at radius 3 is 2.80 bits per heavy atom. The van der Waals surface area contributed by atoms with Gasteiger partial charge >= 0.3 is 5.97 Å². The molecule has 0 saturated carbocycles. The summed E-state index contributed by atoms with van der Waals surface area (Å²) in [6.45, 7) is 6.01. The number of carbonyl (C=O) groups is 1. The van der Waals surface area contributed by atoms with Gasteiger partial charge in [0.2, 0.25) is 0 Å². The Kier molecular flexibility index (Phi) is 5.02. The maximum Gasteiger partial charge on any atom is 0.320 e. The molecule has 1 saturated heterocycles. The first-order valence-electron chi connectivity index (χ1n) is 5.19. The van der Waals surface area contributed by atoms with E-state index in [1.54, 1.807) is 0 Å². The Morgan fingerprint density at radius 2 is 2.27 bits per heavy atom. The quantitative estimate of drug-likeness (QED) is 0.558. The van der Waals surface area contributed by atoms with Gasteiger partial charge in [0.15, 0.2) is 0 Å². The summed E-state index contributed by atoms with van der Waals surface area (Å²) in [5.74, 6) is -0.193. The van der Waals surface area contributed by atoms with Gasteiger partial charge < -0.3 is 9.64 Å². The van der Waals surface area contributed by atoms with Crippen LogP contribution in [0.3, 0.4) is 0 Å². The minimum Gasteiger partial charge on any atom is -0.468 e. The molecule has 0 radical (unpaired) electrons. The number of hydrogen-bond donors (Lipinski definition) is 0. The fourth-order valence-corrected chi connectivity index (χ4v) is 2.32. The van der Waals surface area contributed by atoms with E-state index < -0.39 is 0 Å². The molecule has 0 bridgehead atoms. The number of methoxy groups -OCH3 is 1. The predicted molar refractivity (Wildman–Crippen MR) is 63.3 cm³/mol. The molecule has 1 rings (SSSR count). The molecule has 0 aromatic rings. The zero-order chi connectivity index (χ0) is 11.4. The lowest BCUT2D eigenvalue weighted by atomic mass is 10.2. The van der Waals surface area contributed by atoms with Crippen LogP contribution in [-0.4, -0.2) is 67.0 Å². The van der Waals surface area contributed by atoms with E-state index in [1.165, 1.54) is 7.11 Å². The van der Waals surface area contributed by atoms with Crippen LogP contribution < -0.4 is 0 Å². The summed E-state index contributed by atoms with van der Waals surface area (Å²) in [5, 5.41) is 0. The second-order valence-corrected chi connectivity index (χ2v) is 5.19. The number of alkyl halides is 1. The average Bonchev–Trinajstić information content (AvgIpc) is 2.22. The molecule has 1 aliphatic rings. The summed E-state index contributed by atoms with van der Waals surface area (Å²) >= 11 is 3.34. The van der Waals surface area contributed by atoms with Crippen LogP contribution in [0, 0.1) is 0 Å². The zero-order valence-electron chi connectivity index (χ0n) is 9.57. The van der Waals surface area contributed by atoms with Crippen molar-refractivity contribution in [3.8, 4) is 0 Å². The first kappa shape index (κ1) is 12.9. The fourth-order valence-electron chi connectivity index (χ4n) is 1.72. The third-order valence-electron chi connectivity index (χ3n) is 2.92. The Labute approximate surface area is 99.7 Å². The summed E-state index contributed by atoms with van der Waals surface area (Å²) in [7, 11) is 3.55. The monoisotopic (exact) mass is 278 g/mol. The summed E-state index contributed by atoms with van der Waals surface area (Å²) < 4.78 is 4.68. The molecule has 0 aromatic carbocycles. The van der Waals surface area contributed by atoms with Crippen LogP contribution in [-0.2, 0) is 9.53 Å². The van der Waals surface area contributed by atoms with Crippen molar-refractivity contribution < 1.29 is 9.53 Å². The minimum atomic E-state index is -0.210. The number of ether oxygens (including phenoxy) is 1. The van der Waals surface area contributed by atoms with Crippen molar-refractivity contribution in [3.63, 3.8) is 0 Å². The van der Waals surface area contributed by atoms with Gasteiger partial charge in [-0.15, -0.1) is 0 Å². The van der Waals surface area contributed by atoms with E-state index in [4.69, 9.17) is 0 Å². The molecule has 0 spiro atoms. The number of piperazine rings is 1. The van der Waals surface area contributed by atoms with Crippen molar-refractivity contribution in [2.75, 3.05) is 40.3 Å². The highest BCUT2D eigenvalue weighted by Crippen LogP contribution is 2.11. The number of likely N-dealkylation sites (N-methyl/N-ethyl adjacent to an activating group) is 1. The summed E-state index contributed by atoms with van der Waals surface area (Å²) in [5.41, 5.74) is 0. The van der Waals surface area contributed by atoms with Crippen molar-refractivity contribution in [2.45, 2.75) is 17.8 Å². The molecule has 1 fully saturated rings. The zero-order valence-corrected chi connectivity index (χ0v) is 11.2. The highest BCUT2D eigenvalue weighted by molar-refractivity contribution is 9.10. The van der Waals surface area contributed by atoms with E-state index in [2.05, 4.69) is 44.4 Å². The van der Waals surface area contributed by atoms with Crippen LogP contribution >= 0.6 is 15.9 Å². The summed E-state index contributed by atoms with van der Waals surface area (Å²) in [4.78, 5) is 15.6. The first-order valence-corrected chi connectivity index (χ1v) is 6.10. The van der Waals surface area contributed by atoms with E-state index >= 15 is 0 Å². The number of rotatable bonds is 3. The maximum absolute atomic E-state index is 11.2. The van der Waals surface area contributed by atoms with Crippen molar-refractivity contribution in [1.29, 1.82) is 0 Å². The second kappa shape index (κ2) is 5.82. The lowest BCUT2D eigenvalue weighted by Crippen LogP contribution is -2.51. The van der Waals surface area contributed by atoms with Gasteiger partial charge in [-0.2, -0.15) is 0 Å². The smallest absolute Gasteiger partial charge is 0.320 e. The van der Waals surface area contributed by atoms with Gasteiger partial charge in [-0.3, -0.25) is 9.69 Å². The third kappa shape index (κ3) is 3.74. The molecule has 2 atom stereocenters. The van der Waals surface area contributed by atoms with Gasteiger partial charge in [-0.1, -0.05) is 15.9 Å². The third-order valence-corrected chi connectivity index (χ3v) is 3.58. The molecule has 15 heavy (non-hydrogen) atoms. The molecule has 2 unspecified atom stereocenters. The Bertz CT molecular complexity index is 225. The molecule has 0 N–H and O–H groups in total. The van der Waals surface area contributed by atoms with Gasteiger partial charge in [0.05, 0.1) is 7.11 Å². The first-order chi connectivity index (χ1) is 7.04. The number of halogens is 1. The topological polar surface area (TPSA) is 32.8 Å². The highest BCUT2D eigenvalue weighted by Gasteiger charge is 2.25. The van der Waals surface area contributed by atoms with Crippen LogP contribution in [0.4, 0.5) is 0 Å². The molecule has 1 heterocycles. The Morgan fingerprint density at radius 1 is 1.60 bits per heavy atom. The predicted octanol–water partition coefficient (Wildman–Crippen LogP) is 0.559. The van der Waals surface area contributed by atoms with Gasteiger partial charge in [0, 0.05) is 32.2 Å². The van der Waals surface area contributed by atoms with E-state index in [0.29, 0.717) is 6.04 Å². The molecular formula is C10H19BrN2O2. The number of esters is 1. The largest absolute Gasteiger partial charge is 0.468 e. The average molecular weight is 279 g/mol. The minimum absolute atomic E-state index is 0.193. The molecule has 0 aliphatic carbocycles. The number of nitrogens with zero attached hydrogens (tertiary/aromatic N) is 2. The number of carbonyl (C=O) groups excluding carboxylic acids is 1. The molecule has 4 nitrogen and oxygen atoms in total.